The monoisotopic (exact) mass is 534 g/mol. The molecule has 220 valence electrons. The summed E-state index contributed by atoms with van der Waals surface area (Å²) < 4.78 is 0. The van der Waals surface area contributed by atoms with E-state index in [-0.39, 0.29) is 0 Å². The maximum atomic E-state index is 4.68. The van der Waals surface area contributed by atoms with Crippen LogP contribution in [0.4, 0.5) is 0 Å². The summed E-state index contributed by atoms with van der Waals surface area (Å²) in [6.45, 7) is 4.59. The van der Waals surface area contributed by atoms with Gasteiger partial charge in [-0.3, -0.25) is 0 Å². The zero-order chi connectivity index (χ0) is 27.6. The summed E-state index contributed by atoms with van der Waals surface area (Å²) >= 11 is 0. The molecule has 1 aromatic heterocycles. The molecule has 2 nitrogen and oxygen atoms in total. The third kappa shape index (κ3) is 17.6. The molecule has 0 atom stereocenters. The van der Waals surface area contributed by atoms with Gasteiger partial charge in [0.05, 0.1) is 0 Å². The van der Waals surface area contributed by atoms with Gasteiger partial charge in [0.15, 0.2) is 5.82 Å². The van der Waals surface area contributed by atoms with Gasteiger partial charge in [0.25, 0.3) is 0 Å². The Morgan fingerprint density at radius 3 is 1.10 bits per heavy atom. The van der Waals surface area contributed by atoms with Crippen molar-refractivity contribution in [1.82, 2.24) is 9.97 Å². The first-order chi connectivity index (χ1) is 19.3. The number of rotatable bonds is 26. The number of hydrogen-bond donors (Lipinski definition) is 0. The average molecular weight is 535 g/mol. The molecule has 39 heavy (non-hydrogen) atoms. The van der Waals surface area contributed by atoms with Crippen molar-refractivity contribution >= 4 is 0 Å². The van der Waals surface area contributed by atoms with E-state index in [2.05, 4.69) is 48.1 Å². The van der Waals surface area contributed by atoms with Crippen LogP contribution in [0.2, 0.25) is 0 Å². The van der Waals surface area contributed by atoms with Crippen LogP contribution >= 0.6 is 0 Å². The molecule has 0 N–H and O–H groups in total. The third-order valence-corrected chi connectivity index (χ3v) is 8.31. The molecule has 0 fully saturated rings. The van der Waals surface area contributed by atoms with Crippen molar-refractivity contribution in [2.45, 2.75) is 174 Å². The zero-order valence-corrected chi connectivity index (χ0v) is 26.0. The Bertz CT molecular complexity index is 780. The van der Waals surface area contributed by atoms with Crippen LogP contribution in [0.3, 0.4) is 0 Å². The Kier molecular flexibility index (Phi) is 20.7. The minimum Gasteiger partial charge on any atom is -0.236 e. The molecule has 0 radical (unpaired) electrons. The van der Waals surface area contributed by atoms with E-state index in [1.807, 2.05) is 12.4 Å². The van der Waals surface area contributed by atoms with E-state index >= 15 is 0 Å². The molecule has 0 aliphatic heterocycles. The quantitative estimate of drug-likeness (QED) is 0.112. The van der Waals surface area contributed by atoms with Gasteiger partial charge in [0.2, 0.25) is 0 Å². The van der Waals surface area contributed by atoms with Gasteiger partial charge in [-0.05, 0) is 36.8 Å². The first-order valence-electron chi connectivity index (χ1n) is 17.2. The molecule has 0 bridgehead atoms. The van der Waals surface area contributed by atoms with Gasteiger partial charge in [-0.25, -0.2) is 9.97 Å². The van der Waals surface area contributed by atoms with Gasteiger partial charge in [-0.15, -0.1) is 0 Å². The van der Waals surface area contributed by atoms with Crippen molar-refractivity contribution < 1.29 is 0 Å². The Morgan fingerprint density at radius 2 is 0.718 bits per heavy atom. The normalized spacial score (nSPS) is 11.3. The standard InChI is InChI=1S/C37H62N2/c1-3-5-7-9-11-13-15-16-17-19-21-23-25-27-35-32-38-37(39-33-35)36-30-28-34(29-31-36)26-24-22-20-18-14-12-10-8-6-4-2/h28-33H,3-27H2,1-2H3. The van der Waals surface area contributed by atoms with Crippen LogP contribution in [0.1, 0.15) is 173 Å². The van der Waals surface area contributed by atoms with E-state index in [4.69, 9.17) is 0 Å². The van der Waals surface area contributed by atoms with E-state index in [1.54, 1.807) is 0 Å². The van der Waals surface area contributed by atoms with E-state index in [1.165, 1.54) is 165 Å². The second kappa shape index (κ2) is 24.1. The highest BCUT2D eigenvalue weighted by Crippen LogP contribution is 2.19. The van der Waals surface area contributed by atoms with Crippen LogP contribution in [-0.4, -0.2) is 9.97 Å². The van der Waals surface area contributed by atoms with E-state index in [0.717, 1.165) is 17.8 Å². The number of aromatic nitrogens is 2. The summed E-state index contributed by atoms with van der Waals surface area (Å²) in [6.07, 6.45) is 38.6. The van der Waals surface area contributed by atoms with Gasteiger partial charge in [0, 0.05) is 18.0 Å². The fourth-order valence-electron chi connectivity index (χ4n) is 5.62. The lowest BCUT2D eigenvalue weighted by atomic mass is 10.0. The first-order valence-corrected chi connectivity index (χ1v) is 17.2. The lowest BCUT2D eigenvalue weighted by Crippen LogP contribution is -1.94. The van der Waals surface area contributed by atoms with Gasteiger partial charge in [0.1, 0.15) is 0 Å². The predicted octanol–water partition coefficient (Wildman–Crippen LogP) is 12.2. The Labute approximate surface area is 243 Å². The topological polar surface area (TPSA) is 25.8 Å². The van der Waals surface area contributed by atoms with Crippen molar-refractivity contribution in [3.05, 3.63) is 47.8 Å². The van der Waals surface area contributed by atoms with Crippen molar-refractivity contribution in [3.8, 4) is 11.4 Å². The highest BCUT2D eigenvalue weighted by molar-refractivity contribution is 5.55. The SMILES string of the molecule is CCCCCCCCCCCCCCCc1cnc(-c2ccc(CCCCCCCCCCCC)cc2)nc1. The predicted molar refractivity (Wildman–Crippen MR) is 172 cm³/mol. The number of hydrogen-bond acceptors (Lipinski definition) is 2. The van der Waals surface area contributed by atoms with Crippen molar-refractivity contribution in [2.75, 3.05) is 0 Å². The van der Waals surface area contributed by atoms with E-state index < -0.39 is 0 Å². The molecule has 0 saturated heterocycles. The summed E-state index contributed by atoms with van der Waals surface area (Å²) in [4.78, 5) is 9.35. The maximum absolute atomic E-state index is 4.68. The molecule has 0 amide bonds. The smallest absolute Gasteiger partial charge is 0.159 e. The Balaban J connectivity index is 1.48. The lowest BCUT2D eigenvalue weighted by molar-refractivity contribution is 0.539. The molecule has 0 unspecified atom stereocenters. The van der Waals surface area contributed by atoms with Crippen molar-refractivity contribution in [2.24, 2.45) is 0 Å². The zero-order valence-electron chi connectivity index (χ0n) is 26.0. The minimum atomic E-state index is 0.856. The molecule has 1 aromatic carbocycles. The third-order valence-electron chi connectivity index (χ3n) is 8.31. The van der Waals surface area contributed by atoms with Crippen LogP contribution < -0.4 is 0 Å². The number of aryl methyl sites for hydroxylation is 2. The van der Waals surface area contributed by atoms with Crippen LogP contribution in [0.5, 0.6) is 0 Å². The molecule has 2 rings (SSSR count). The van der Waals surface area contributed by atoms with Gasteiger partial charge in [-0.2, -0.15) is 0 Å². The minimum absolute atomic E-state index is 0.856. The average Bonchev–Trinajstić information content (AvgIpc) is 2.97. The molecule has 0 aliphatic rings. The molecular formula is C37H62N2. The van der Waals surface area contributed by atoms with Gasteiger partial charge >= 0.3 is 0 Å². The summed E-state index contributed by atoms with van der Waals surface area (Å²) in [5, 5.41) is 0. The van der Waals surface area contributed by atoms with Crippen LogP contribution in [0.25, 0.3) is 11.4 Å². The fraction of sp³-hybridized carbons (Fsp3) is 0.730. The molecule has 0 spiro atoms. The van der Waals surface area contributed by atoms with Crippen molar-refractivity contribution in [3.63, 3.8) is 0 Å². The summed E-state index contributed by atoms with van der Waals surface area (Å²) in [6, 6.07) is 8.95. The summed E-state index contributed by atoms with van der Waals surface area (Å²) in [5.74, 6) is 0.856. The van der Waals surface area contributed by atoms with Crippen LogP contribution in [0, 0.1) is 0 Å². The van der Waals surface area contributed by atoms with Gasteiger partial charge < -0.3 is 0 Å². The number of benzene rings is 1. The Morgan fingerprint density at radius 1 is 0.385 bits per heavy atom. The highest BCUT2D eigenvalue weighted by atomic mass is 14.9. The Hall–Kier alpha value is -1.70. The van der Waals surface area contributed by atoms with E-state index in [0.29, 0.717) is 0 Å². The largest absolute Gasteiger partial charge is 0.236 e. The van der Waals surface area contributed by atoms with Crippen LogP contribution in [0.15, 0.2) is 36.7 Å². The molecular weight excluding hydrogens is 472 g/mol. The maximum Gasteiger partial charge on any atom is 0.159 e. The first kappa shape index (κ1) is 33.5. The highest BCUT2D eigenvalue weighted by Gasteiger charge is 2.03. The summed E-state index contributed by atoms with van der Waals surface area (Å²) in [5.41, 5.74) is 3.85. The molecule has 2 heteroatoms. The number of nitrogens with zero attached hydrogens (tertiary/aromatic N) is 2. The summed E-state index contributed by atoms with van der Waals surface area (Å²) in [7, 11) is 0. The number of unbranched alkanes of at least 4 members (excludes halogenated alkanes) is 21. The molecule has 0 aliphatic carbocycles. The fourth-order valence-corrected chi connectivity index (χ4v) is 5.62. The van der Waals surface area contributed by atoms with Crippen molar-refractivity contribution in [1.29, 1.82) is 0 Å². The van der Waals surface area contributed by atoms with Crippen LogP contribution in [-0.2, 0) is 12.8 Å². The lowest BCUT2D eigenvalue weighted by Gasteiger charge is -2.06. The van der Waals surface area contributed by atoms with E-state index in [9.17, 15) is 0 Å². The molecule has 0 saturated carbocycles. The van der Waals surface area contributed by atoms with Gasteiger partial charge in [-0.1, -0.05) is 173 Å². The second-order valence-electron chi connectivity index (χ2n) is 12.0. The second-order valence-corrected chi connectivity index (χ2v) is 12.0. The molecule has 2 aromatic rings. The molecule has 1 heterocycles.